The van der Waals surface area contributed by atoms with E-state index >= 15 is 0 Å². The van der Waals surface area contributed by atoms with Gasteiger partial charge in [0, 0.05) is 6.42 Å². The van der Waals surface area contributed by atoms with Crippen LogP contribution in [0.1, 0.15) is 30.9 Å². The van der Waals surface area contributed by atoms with Crippen molar-refractivity contribution in [3.05, 3.63) is 29.0 Å². The molecule has 0 spiro atoms. The minimum Gasteiger partial charge on any atom is -0.299 e. The van der Waals surface area contributed by atoms with Gasteiger partial charge in [-0.1, -0.05) is 17.7 Å². The Morgan fingerprint density at radius 2 is 2.31 bits per heavy atom. The molecule has 0 bridgehead atoms. The predicted molar refractivity (Wildman–Crippen MR) is 50.8 cm³/mol. The first-order valence-corrected chi connectivity index (χ1v) is 4.80. The minimum absolute atomic E-state index is 0.00120. The van der Waals surface area contributed by atoms with Crippen LogP contribution in [0.3, 0.4) is 0 Å². The number of aromatic nitrogens is 1. The largest absolute Gasteiger partial charge is 0.299 e. The monoisotopic (exact) mass is 195 g/mol. The van der Waals surface area contributed by atoms with Gasteiger partial charge in [0.25, 0.3) is 0 Å². The number of pyridine rings is 1. The first kappa shape index (κ1) is 8.70. The summed E-state index contributed by atoms with van der Waals surface area (Å²) in [4.78, 5) is 15.6. The van der Waals surface area contributed by atoms with Crippen LogP contribution in [-0.2, 0) is 4.79 Å². The van der Waals surface area contributed by atoms with Gasteiger partial charge in [-0.05, 0) is 25.0 Å². The third kappa shape index (κ3) is 1.73. The number of Topliss-reactive ketones (excluding diaryl/α,β-unsaturated/α-hetero) is 1. The molecule has 1 aliphatic carbocycles. The highest BCUT2D eigenvalue weighted by Crippen LogP contribution is 2.30. The fraction of sp³-hybridized carbons (Fsp3) is 0.400. The van der Waals surface area contributed by atoms with E-state index < -0.39 is 0 Å². The molecule has 1 saturated carbocycles. The molecule has 0 saturated heterocycles. The summed E-state index contributed by atoms with van der Waals surface area (Å²) in [5, 5.41) is 0.470. The highest BCUT2D eigenvalue weighted by molar-refractivity contribution is 6.29. The molecular weight excluding hydrogens is 186 g/mol. The summed E-state index contributed by atoms with van der Waals surface area (Å²) in [6, 6.07) is 5.44. The zero-order chi connectivity index (χ0) is 9.26. The number of carbonyl (C=O) groups excluding carboxylic acids is 1. The van der Waals surface area contributed by atoms with Crippen LogP contribution >= 0.6 is 11.6 Å². The Labute approximate surface area is 81.9 Å². The maximum atomic E-state index is 11.4. The van der Waals surface area contributed by atoms with Crippen LogP contribution in [-0.4, -0.2) is 10.8 Å². The third-order valence-corrected chi connectivity index (χ3v) is 2.61. The molecule has 0 radical (unpaired) electrons. The van der Waals surface area contributed by atoms with Crippen molar-refractivity contribution < 1.29 is 4.79 Å². The van der Waals surface area contributed by atoms with Crippen molar-refractivity contribution in [1.29, 1.82) is 0 Å². The molecular formula is C10H10ClNO. The van der Waals surface area contributed by atoms with E-state index in [0.29, 0.717) is 17.4 Å². The van der Waals surface area contributed by atoms with E-state index in [1.807, 2.05) is 12.1 Å². The van der Waals surface area contributed by atoms with Crippen LogP contribution in [0, 0.1) is 0 Å². The maximum absolute atomic E-state index is 11.4. The molecule has 1 aliphatic rings. The van der Waals surface area contributed by atoms with Crippen LogP contribution in [0.25, 0.3) is 0 Å². The zero-order valence-corrected chi connectivity index (χ0v) is 7.92. The zero-order valence-electron chi connectivity index (χ0n) is 7.16. The smallest absolute Gasteiger partial charge is 0.141 e. The second-order valence-corrected chi connectivity index (χ2v) is 3.68. The molecule has 0 aromatic carbocycles. The number of carbonyl (C=O) groups is 1. The third-order valence-electron chi connectivity index (χ3n) is 2.40. The molecule has 1 unspecified atom stereocenters. The molecule has 68 valence electrons. The second-order valence-electron chi connectivity index (χ2n) is 3.30. The highest BCUT2D eigenvalue weighted by Gasteiger charge is 2.26. The van der Waals surface area contributed by atoms with Crippen molar-refractivity contribution in [3.63, 3.8) is 0 Å². The Morgan fingerprint density at radius 1 is 1.46 bits per heavy atom. The van der Waals surface area contributed by atoms with E-state index in [-0.39, 0.29) is 5.92 Å². The molecule has 1 fully saturated rings. The van der Waals surface area contributed by atoms with Crippen LogP contribution in [0.15, 0.2) is 18.2 Å². The van der Waals surface area contributed by atoms with Crippen molar-refractivity contribution in [2.24, 2.45) is 0 Å². The van der Waals surface area contributed by atoms with Crippen LogP contribution in [0.4, 0.5) is 0 Å². The molecule has 3 heteroatoms. The Bertz CT molecular complexity index is 337. The normalized spacial score (nSPS) is 22.2. The molecule has 1 aromatic rings. The lowest BCUT2D eigenvalue weighted by Gasteiger charge is -2.06. The Morgan fingerprint density at radius 3 is 2.92 bits per heavy atom. The number of hydrogen-bond donors (Lipinski definition) is 0. The van der Waals surface area contributed by atoms with Crippen molar-refractivity contribution in [3.8, 4) is 0 Å². The number of rotatable bonds is 1. The summed E-state index contributed by atoms with van der Waals surface area (Å²) >= 11 is 5.75. The van der Waals surface area contributed by atoms with Crippen molar-refractivity contribution in [2.45, 2.75) is 25.2 Å². The highest BCUT2D eigenvalue weighted by atomic mass is 35.5. The first-order valence-electron chi connectivity index (χ1n) is 4.42. The molecule has 0 amide bonds. The number of nitrogens with zero attached hydrogens (tertiary/aromatic N) is 1. The fourth-order valence-corrected chi connectivity index (χ4v) is 1.92. The standard InChI is InChI=1S/C10H10ClNO/c11-10-6-2-4-8(12-10)7-3-1-5-9(7)13/h2,4,6-7H,1,3,5H2. The molecule has 1 aromatic heterocycles. The van der Waals surface area contributed by atoms with Gasteiger partial charge in [0.1, 0.15) is 10.9 Å². The molecule has 1 heterocycles. The lowest BCUT2D eigenvalue weighted by atomic mass is 10.0. The Hall–Kier alpha value is -0.890. The summed E-state index contributed by atoms with van der Waals surface area (Å²) < 4.78 is 0. The molecule has 0 N–H and O–H groups in total. The van der Waals surface area contributed by atoms with Gasteiger partial charge in [-0.3, -0.25) is 4.79 Å². The van der Waals surface area contributed by atoms with E-state index in [9.17, 15) is 4.79 Å². The Balaban J connectivity index is 2.29. The lowest BCUT2D eigenvalue weighted by molar-refractivity contribution is -0.118. The summed E-state index contributed by atoms with van der Waals surface area (Å²) in [6.07, 6.45) is 2.60. The quantitative estimate of drug-likeness (QED) is 0.645. The van der Waals surface area contributed by atoms with Gasteiger partial charge in [0.2, 0.25) is 0 Å². The van der Waals surface area contributed by atoms with Crippen molar-refractivity contribution in [1.82, 2.24) is 4.98 Å². The van der Waals surface area contributed by atoms with Crippen molar-refractivity contribution in [2.75, 3.05) is 0 Å². The number of halogens is 1. The summed E-state index contributed by atoms with van der Waals surface area (Å²) in [6.45, 7) is 0. The van der Waals surface area contributed by atoms with E-state index in [1.165, 1.54) is 0 Å². The van der Waals surface area contributed by atoms with Crippen LogP contribution in [0.5, 0.6) is 0 Å². The van der Waals surface area contributed by atoms with Crippen LogP contribution in [0.2, 0.25) is 5.15 Å². The van der Waals surface area contributed by atoms with Gasteiger partial charge in [-0.2, -0.15) is 0 Å². The molecule has 0 aliphatic heterocycles. The molecule has 2 nitrogen and oxygen atoms in total. The van der Waals surface area contributed by atoms with Crippen molar-refractivity contribution >= 4 is 17.4 Å². The summed E-state index contributed by atoms with van der Waals surface area (Å²) in [5.74, 6) is 0.300. The van der Waals surface area contributed by atoms with Gasteiger partial charge in [0.15, 0.2) is 0 Å². The predicted octanol–water partition coefficient (Wildman–Crippen LogP) is 2.57. The summed E-state index contributed by atoms with van der Waals surface area (Å²) in [7, 11) is 0. The van der Waals surface area contributed by atoms with E-state index in [0.717, 1.165) is 18.5 Å². The van der Waals surface area contributed by atoms with Gasteiger partial charge < -0.3 is 0 Å². The van der Waals surface area contributed by atoms with Crippen LogP contribution < -0.4 is 0 Å². The van der Waals surface area contributed by atoms with E-state index in [2.05, 4.69) is 4.98 Å². The molecule has 2 rings (SSSR count). The average molecular weight is 196 g/mol. The average Bonchev–Trinajstić information content (AvgIpc) is 2.51. The Kier molecular flexibility index (Phi) is 2.32. The van der Waals surface area contributed by atoms with Gasteiger partial charge in [-0.15, -0.1) is 0 Å². The molecule has 1 atom stereocenters. The van der Waals surface area contributed by atoms with Gasteiger partial charge in [-0.25, -0.2) is 4.98 Å². The minimum atomic E-state index is -0.00120. The van der Waals surface area contributed by atoms with Gasteiger partial charge in [0.05, 0.1) is 11.6 Å². The van der Waals surface area contributed by atoms with E-state index in [1.54, 1.807) is 6.07 Å². The maximum Gasteiger partial charge on any atom is 0.141 e. The SMILES string of the molecule is O=C1CCCC1c1cccc(Cl)n1. The fourth-order valence-electron chi connectivity index (χ4n) is 1.75. The number of hydrogen-bond acceptors (Lipinski definition) is 2. The number of ketones is 1. The first-order chi connectivity index (χ1) is 6.27. The van der Waals surface area contributed by atoms with Gasteiger partial charge >= 0.3 is 0 Å². The summed E-state index contributed by atoms with van der Waals surface area (Å²) in [5.41, 5.74) is 0.829. The molecule has 13 heavy (non-hydrogen) atoms. The lowest BCUT2D eigenvalue weighted by Crippen LogP contribution is -2.05. The van der Waals surface area contributed by atoms with E-state index in [4.69, 9.17) is 11.6 Å². The second kappa shape index (κ2) is 3.46. The topological polar surface area (TPSA) is 30.0 Å².